The molecule has 0 bridgehead atoms. The Morgan fingerprint density at radius 1 is 0.900 bits per heavy atom. The van der Waals surface area contributed by atoms with E-state index in [1.54, 1.807) is 24.3 Å². The van der Waals surface area contributed by atoms with Crippen molar-refractivity contribution in [2.75, 3.05) is 20.3 Å². The quantitative estimate of drug-likeness (QED) is 0.298. The molecule has 0 saturated carbocycles. The molecule has 0 amide bonds. The first-order chi connectivity index (χ1) is 14.4. The Balaban J connectivity index is 0.000000325. The van der Waals surface area contributed by atoms with Crippen molar-refractivity contribution in [2.45, 2.75) is 71.1 Å². The second-order valence-electron chi connectivity index (χ2n) is 7.92. The predicted octanol–water partition coefficient (Wildman–Crippen LogP) is 6.13. The molecular weight excluding hydrogens is 396 g/mol. The van der Waals surface area contributed by atoms with E-state index in [0.717, 1.165) is 17.6 Å². The monoisotopic (exact) mass is 436 g/mol. The molecule has 1 aromatic rings. The molecule has 0 atom stereocenters. The van der Waals surface area contributed by atoms with Crippen molar-refractivity contribution >= 4 is 16.2 Å². The van der Waals surface area contributed by atoms with Crippen LogP contribution in [0.25, 0.3) is 6.08 Å². The Bertz CT molecular complexity index is 702. The van der Waals surface area contributed by atoms with E-state index in [4.69, 9.17) is 4.55 Å². The van der Waals surface area contributed by atoms with Gasteiger partial charge in [-0.25, -0.2) is 0 Å². The molecule has 0 aromatic heterocycles. The van der Waals surface area contributed by atoms with E-state index in [0.29, 0.717) is 0 Å². The van der Waals surface area contributed by atoms with E-state index in [1.807, 2.05) is 6.07 Å². The van der Waals surface area contributed by atoms with Gasteiger partial charge in [0.15, 0.2) is 0 Å². The minimum Gasteiger partial charge on any atom is -0.362 e. The summed E-state index contributed by atoms with van der Waals surface area (Å²) in [6, 6.07) is 8.86. The Morgan fingerprint density at radius 3 is 1.97 bits per heavy atom. The average molecular weight is 437 g/mol. The zero-order valence-corrected chi connectivity index (χ0v) is 19.6. The van der Waals surface area contributed by atoms with Crippen LogP contribution in [0.2, 0.25) is 0 Å². The fraction of sp³-hybridized carbons (Fsp3) is 0.583. The lowest BCUT2D eigenvalue weighted by Crippen LogP contribution is -2.23. The molecule has 1 heterocycles. The lowest BCUT2D eigenvalue weighted by molar-refractivity contribution is 0.290. The maximum atomic E-state index is 10.3. The number of benzene rings is 1. The molecule has 0 spiro atoms. The standard InChI is InChI=1S/C16H32N2.C8H8O3S/c1-3-4-5-6-7-8-9-10-11-12-13-18-15-14-17(2)16-18;9-12(10,11)7-6-8-4-2-1-3-5-8/h14-15H,3-13,16H2,1-2H3;1-7H,(H,9,10,11). The van der Waals surface area contributed by atoms with Crippen LogP contribution < -0.4 is 0 Å². The van der Waals surface area contributed by atoms with Crippen molar-refractivity contribution in [3.63, 3.8) is 0 Å². The largest absolute Gasteiger partial charge is 0.362 e. The van der Waals surface area contributed by atoms with Crippen molar-refractivity contribution in [1.82, 2.24) is 9.80 Å². The Hall–Kier alpha value is -1.79. The highest BCUT2D eigenvalue weighted by atomic mass is 32.2. The number of nitrogens with zero attached hydrogens (tertiary/aromatic N) is 2. The zero-order valence-electron chi connectivity index (χ0n) is 18.7. The molecule has 6 heteroatoms. The molecule has 170 valence electrons. The van der Waals surface area contributed by atoms with Crippen molar-refractivity contribution in [3.05, 3.63) is 53.7 Å². The van der Waals surface area contributed by atoms with Gasteiger partial charge in [-0.1, -0.05) is 95.0 Å². The van der Waals surface area contributed by atoms with Crippen LogP contribution in [0, 0.1) is 0 Å². The summed E-state index contributed by atoms with van der Waals surface area (Å²) in [5.41, 5.74) is 0.732. The van der Waals surface area contributed by atoms with Gasteiger partial charge in [0.25, 0.3) is 10.1 Å². The van der Waals surface area contributed by atoms with Crippen LogP contribution in [0.4, 0.5) is 0 Å². The van der Waals surface area contributed by atoms with Gasteiger partial charge in [0.1, 0.15) is 0 Å². The van der Waals surface area contributed by atoms with Crippen LogP contribution in [0.15, 0.2) is 48.1 Å². The average Bonchev–Trinajstić information content (AvgIpc) is 3.14. The highest BCUT2D eigenvalue weighted by Gasteiger charge is 2.06. The molecule has 0 unspecified atom stereocenters. The molecule has 5 nitrogen and oxygen atoms in total. The predicted molar refractivity (Wildman–Crippen MR) is 127 cm³/mol. The maximum absolute atomic E-state index is 10.3. The van der Waals surface area contributed by atoms with E-state index >= 15 is 0 Å². The minimum atomic E-state index is -4.00. The van der Waals surface area contributed by atoms with Gasteiger partial charge in [-0.2, -0.15) is 8.42 Å². The molecule has 0 aliphatic carbocycles. The maximum Gasteiger partial charge on any atom is 0.287 e. The fourth-order valence-electron chi connectivity index (χ4n) is 3.27. The molecule has 1 aliphatic rings. The van der Waals surface area contributed by atoms with Crippen LogP contribution >= 0.6 is 0 Å². The molecule has 0 fully saturated rings. The summed E-state index contributed by atoms with van der Waals surface area (Å²) in [5.74, 6) is 0. The Morgan fingerprint density at radius 2 is 1.47 bits per heavy atom. The molecule has 0 radical (unpaired) electrons. The van der Waals surface area contributed by atoms with E-state index in [2.05, 4.69) is 36.2 Å². The van der Waals surface area contributed by atoms with E-state index in [-0.39, 0.29) is 0 Å². The number of rotatable bonds is 13. The number of unbranched alkanes of at least 4 members (excludes halogenated alkanes) is 9. The van der Waals surface area contributed by atoms with Crippen LogP contribution in [0.1, 0.15) is 76.7 Å². The van der Waals surface area contributed by atoms with Crippen LogP contribution in [-0.4, -0.2) is 43.0 Å². The van der Waals surface area contributed by atoms with Gasteiger partial charge in [0.2, 0.25) is 0 Å². The summed E-state index contributed by atoms with van der Waals surface area (Å²) in [6.45, 7) is 4.60. The lowest BCUT2D eigenvalue weighted by Gasteiger charge is -2.17. The SMILES string of the molecule is CCCCCCCCCCCCN1C=CN(C)C1.O=S(=O)(O)C=Cc1ccccc1. The summed E-state index contributed by atoms with van der Waals surface area (Å²) in [6.07, 6.45) is 20.0. The first-order valence-corrected chi connectivity index (χ1v) is 12.7. The topological polar surface area (TPSA) is 60.9 Å². The normalized spacial score (nSPS) is 13.7. The van der Waals surface area contributed by atoms with Gasteiger partial charge in [0.05, 0.1) is 12.1 Å². The second-order valence-corrected chi connectivity index (χ2v) is 9.22. The van der Waals surface area contributed by atoms with Gasteiger partial charge in [-0.15, -0.1) is 0 Å². The lowest BCUT2D eigenvalue weighted by atomic mass is 10.1. The molecule has 1 aromatic carbocycles. The van der Waals surface area contributed by atoms with Gasteiger partial charge >= 0.3 is 0 Å². The summed E-state index contributed by atoms with van der Waals surface area (Å²) in [5, 5.41) is 0.752. The molecular formula is C24H40N2O3S. The van der Waals surface area contributed by atoms with E-state index in [1.165, 1.54) is 76.8 Å². The van der Waals surface area contributed by atoms with Crippen LogP contribution in [0.5, 0.6) is 0 Å². The smallest absolute Gasteiger partial charge is 0.287 e. The van der Waals surface area contributed by atoms with Gasteiger partial charge in [0, 0.05) is 26.0 Å². The summed E-state index contributed by atoms with van der Waals surface area (Å²) < 4.78 is 28.9. The number of hydrogen-bond donors (Lipinski definition) is 1. The zero-order chi connectivity index (χ0) is 22.1. The van der Waals surface area contributed by atoms with Crippen molar-refractivity contribution in [1.29, 1.82) is 0 Å². The van der Waals surface area contributed by atoms with Crippen molar-refractivity contribution < 1.29 is 13.0 Å². The molecule has 2 rings (SSSR count). The van der Waals surface area contributed by atoms with Crippen LogP contribution in [0.3, 0.4) is 0 Å². The number of hydrogen-bond acceptors (Lipinski definition) is 4. The van der Waals surface area contributed by atoms with Crippen molar-refractivity contribution in [3.8, 4) is 0 Å². The summed E-state index contributed by atoms with van der Waals surface area (Å²) in [4.78, 5) is 4.64. The van der Waals surface area contributed by atoms with E-state index < -0.39 is 10.1 Å². The third-order valence-electron chi connectivity index (χ3n) is 4.97. The third-order valence-corrected chi connectivity index (χ3v) is 5.45. The highest BCUT2D eigenvalue weighted by Crippen LogP contribution is 2.11. The second kappa shape index (κ2) is 16.0. The van der Waals surface area contributed by atoms with Crippen LogP contribution in [-0.2, 0) is 10.1 Å². The van der Waals surface area contributed by atoms with Crippen molar-refractivity contribution in [2.24, 2.45) is 0 Å². The molecule has 1 N–H and O–H groups in total. The molecule has 0 saturated heterocycles. The van der Waals surface area contributed by atoms with Gasteiger partial charge in [-0.3, -0.25) is 4.55 Å². The van der Waals surface area contributed by atoms with Gasteiger partial charge < -0.3 is 9.80 Å². The third kappa shape index (κ3) is 15.1. The van der Waals surface area contributed by atoms with Gasteiger partial charge in [-0.05, 0) is 18.1 Å². The molecule has 30 heavy (non-hydrogen) atoms. The molecule has 1 aliphatic heterocycles. The first kappa shape index (κ1) is 26.2. The fourth-order valence-corrected chi connectivity index (χ4v) is 3.59. The Labute approximate surface area is 184 Å². The highest BCUT2D eigenvalue weighted by molar-refractivity contribution is 7.88. The van der Waals surface area contributed by atoms with E-state index in [9.17, 15) is 8.42 Å². The minimum absolute atomic E-state index is 0.732. The summed E-state index contributed by atoms with van der Waals surface area (Å²) >= 11 is 0. The Kier molecular flexibility index (Phi) is 14.0. The summed E-state index contributed by atoms with van der Waals surface area (Å²) in [7, 11) is -1.87. The first-order valence-electron chi connectivity index (χ1n) is 11.2.